The molecule has 0 radical (unpaired) electrons. The predicted molar refractivity (Wildman–Crippen MR) is 76.3 cm³/mol. The Bertz CT molecular complexity index is 509. The van der Waals surface area contributed by atoms with E-state index in [1.54, 1.807) is 0 Å². The summed E-state index contributed by atoms with van der Waals surface area (Å²) < 4.78 is 7.42. The van der Waals surface area contributed by atoms with E-state index in [9.17, 15) is 0 Å². The number of hydrogen-bond donors (Lipinski definition) is 0. The number of hydrogen-bond acceptors (Lipinski definition) is 4. The van der Waals surface area contributed by atoms with Crippen molar-refractivity contribution in [3.8, 4) is 0 Å². The smallest absolute Gasteiger partial charge is 0.150 e. The van der Waals surface area contributed by atoms with Crippen LogP contribution in [0.2, 0.25) is 0 Å². The summed E-state index contributed by atoms with van der Waals surface area (Å²) in [6.07, 6.45) is 7.84. The first-order valence-electron chi connectivity index (χ1n) is 7.36. The van der Waals surface area contributed by atoms with Crippen LogP contribution in [0, 0.1) is 13.8 Å². The molecule has 3 heterocycles. The summed E-state index contributed by atoms with van der Waals surface area (Å²) in [5.74, 6) is 0.964. The van der Waals surface area contributed by atoms with Crippen molar-refractivity contribution >= 4 is 0 Å². The van der Waals surface area contributed by atoms with Crippen LogP contribution >= 0.6 is 0 Å². The lowest BCUT2D eigenvalue weighted by Crippen LogP contribution is -2.41. The maximum Gasteiger partial charge on any atom is 0.150 e. The summed E-state index contributed by atoms with van der Waals surface area (Å²) >= 11 is 0. The third-order valence-corrected chi connectivity index (χ3v) is 3.94. The summed E-state index contributed by atoms with van der Waals surface area (Å²) in [7, 11) is 0. The monoisotopic (exact) mass is 274 g/mol. The maximum absolute atomic E-state index is 5.36. The molecule has 1 atom stereocenters. The second-order valence-electron chi connectivity index (χ2n) is 5.79. The van der Waals surface area contributed by atoms with Gasteiger partial charge in [0.25, 0.3) is 0 Å². The van der Waals surface area contributed by atoms with E-state index in [0.717, 1.165) is 31.1 Å². The van der Waals surface area contributed by atoms with Gasteiger partial charge >= 0.3 is 0 Å². The highest BCUT2D eigenvalue weighted by atomic mass is 16.5. The van der Waals surface area contributed by atoms with Crippen LogP contribution in [0.1, 0.15) is 36.3 Å². The van der Waals surface area contributed by atoms with E-state index in [1.807, 2.05) is 19.2 Å². The van der Waals surface area contributed by atoms with Gasteiger partial charge in [-0.2, -0.15) is 5.10 Å². The fourth-order valence-electron chi connectivity index (χ4n) is 2.95. The van der Waals surface area contributed by atoms with Crippen LogP contribution in [-0.4, -0.2) is 32.4 Å². The standard InChI is InChI=1S/C15H22N4O/c1-12-8-16-19(9-12)10-14-5-3-4-6-18(14)11-15-7-13(2)17-20-15/h7-9,14H,3-6,10-11H2,1-2H3/t14-/m1/s1. The van der Waals surface area contributed by atoms with Crippen molar-refractivity contribution in [2.45, 2.75) is 52.2 Å². The van der Waals surface area contributed by atoms with Crippen LogP contribution in [0.4, 0.5) is 0 Å². The highest BCUT2D eigenvalue weighted by Crippen LogP contribution is 2.21. The minimum atomic E-state index is 0.536. The second-order valence-corrected chi connectivity index (χ2v) is 5.79. The summed E-state index contributed by atoms with van der Waals surface area (Å²) in [5.41, 5.74) is 2.18. The van der Waals surface area contributed by atoms with Gasteiger partial charge in [0, 0.05) is 18.3 Å². The molecule has 1 saturated heterocycles. The Hall–Kier alpha value is -1.62. The first-order valence-corrected chi connectivity index (χ1v) is 7.36. The number of piperidine rings is 1. The molecule has 1 fully saturated rings. The molecule has 0 aromatic carbocycles. The molecular formula is C15H22N4O. The molecule has 0 bridgehead atoms. The van der Waals surface area contributed by atoms with Crippen LogP contribution in [0.3, 0.4) is 0 Å². The zero-order chi connectivity index (χ0) is 13.9. The Morgan fingerprint density at radius 3 is 2.95 bits per heavy atom. The molecule has 0 unspecified atom stereocenters. The van der Waals surface area contributed by atoms with Gasteiger partial charge in [0.05, 0.1) is 25.0 Å². The summed E-state index contributed by atoms with van der Waals surface area (Å²) in [5, 5.41) is 8.38. The van der Waals surface area contributed by atoms with Gasteiger partial charge in [-0.25, -0.2) is 0 Å². The van der Waals surface area contributed by atoms with E-state index in [-0.39, 0.29) is 0 Å². The SMILES string of the molecule is Cc1cnn(C[C@H]2CCCCN2Cc2cc(C)no2)c1. The van der Waals surface area contributed by atoms with Crippen molar-refractivity contribution < 1.29 is 4.52 Å². The van der Waals surface area contributed by atoms with Gasteiger partial charge in [-0.1, -0.05) is 11.6 Å². The van der Waals surface area contributed by atoms with Gasteiger partial charge < -0.3 is 4.52 Å². The van der Waals surface area contributed by atoms with Crippen molar-refractivity contribution in [3.05, 3.63) is 35.5 Å². The van der Waals surface area contributed by atoms with Crippen molar-refractivity contribution in [1.82, 2.24) is 19.8 Å². The molecule has 108 valence electrons. The van der Waals surface area contributed by atoms with Crippen LogP contribution in [0.15, 0.2) is 23.0 Å². The molecule has 0 saturated carbocycles. The molecule has 0 N–H and O–H groups in total. The second kappa shape index (κ2) is 5.79. The largest absolute Gasteiger partial charge is 0.360 e. The van der Waals surface area contributed by atoms with E-state index in [2.05, 4.69) is 33.0 Å². The quantitative estimate of drug-likeness (QED) is 0.859. The first kappa shape index (κ1) is 13.4. The zero-order valence-electron chi connectivity index (χ0n) is 12.2. The number of aromatic nitrogens is 3. The Kier molecular flexibility index (Phi) is 3.87. The topological polar surface area (TPSA) is 47.1 Å². The summed E-state index contributed by atoms with van der Waals surface area (Å²) in [6.45, 7) is 6.99. The first-order chi connectivity index (χ1) is 9.70. The molecule has 0 amide bonds. The Balaban J connectivity index is 1.67. The predicted octanol–water partition coefficient (Wildman–Crippen LogP) is 2.54. The highest BCUT2D eigenvalue weighted by Gasteiger charge is 2.24. The number of likely N-dealkylation sites (tertiary alicyclic amines) is 1. The van der Waals surface area contributed by atoms with Crippen molar-refractivity contribution in [2.24, 2.45) is 0 Å². The highest BCUT2D eigenvalue weighted by molar-refractivity contribution is 5.03. The fraction of sp³-hybridized carbons (Fsp3) is 0.600. The van der Waals surface area contributed by atoms with Crippen molar-refractivity contribution in [1.29, 1.82) is 0 Å². The number of nitrogens with zero attached hydrogens (tertiary/aromatic N) is 4. The maximum atomic E-state index is 5.36. The summed E-state index contributed by atoms with van der Waals surface area (Å²) in [4.78, 5) is 2.50. The number of aryl methyl sites for hydroxylation is 2. The minimum Gasteiger partial charge on any atom is -0.360 e. The van der Waals surface area contributed by atoms with E-state index in [1.165, 1.54) is 24.8 Å². The number of rotatable bonds is 4. The molecule has 2 aromatic rings. The van der Waals surface area contributed by atoms with E-state index in [4.69, 9.17) is 4.52 Å². The molecule has 0 aliphatic carbocycles. The van der Waals surface area contributed by atoms with Gasteiger partial charge in [-0.15, -0.1) is 0 Å². The van der Waals surface area contributed by atoms with E-state index < -0.39 is 0 Å². The molecule has 2 aromatic heterocycles. The Morgan fingerprint density at radius 2 is 2.25 bits per heavy atom. The van der Waals surface area contributed by atoms with Gasteiger partial charge in [0.2, 0.25) is 0 Å². The average Bonchev–Trinajstić information content (AvgIpc) is 3.01. The van der Waals surface area contributed by atoms with Gasteiger partial charge in [0.15, 0.2) is 5.76 Å². The molecule has 5 nitrogen and oxygen atoms in total. The van der Waals surface area contributed by atoms with Crippen LogP contribution < -0.4 is 0 Å². The third-order valence-electron chi connectivity index (χ3n) is 3.94. The van der Waals surface area contributed by atoms with Gasteiger partial charge in [-0.3, -0.25) is 9.58 Å². The van der Waals surface area contributed by atoms with Gasteiger partial charge in [0.1, 0.15) is 0 Å². The van der Waals surface area contributed by atoms with Crippen molar-refractivity contribution in [3.63, 3.8) is 0 Å². The molecule has 3 rings (SSSR count). The lowest BCUT2D eigenvalue weighted by atomic mass is 10.0. The Labute approximate surface area is 119 Å². The molecule has 0 spiro atoms. The molecule has 20 heavy (non-hydrogen) atoms. The van der Waals surface area contributed by atoms with Crippen LogP contribution in [-0.2, 0) is 13.1 Å². The normalized spacial score (nSPS) is 20.4. The average molecular weight is 274 g/mol. The molecular weight excluding hydrogens is 252 g/mol. The molecule has 1 aliphatic rings. The lowest BCUT2D eigenvalue weighted by molar-refractivity contribution is 0.110. The third kappa shape index (κ3) is 3.10. The summed E-state index contributed by atoms with van der Waals surface area (Å²) in [6, 6.07) is 2.57. The molecule has 5 heteroatoms. The van der Waals surface area contributed by atoms with E-state index >= 15 is 0 Å². The van der Waals surface area contributed by atoms with Crippen LogP contribution in [0.5, 0.6) is 0 Å². The lowest BCUT2D eigenvalue weighted by Gasteiger charge is -2.34. The fourth-order valence-corrected chi connectivity index (χ4v) is 2.95. The van der Waals surface area contributed by atoms with Crippen LogP contribution in [0.25, 0.3) is 0 Å². The zero-order valence-corrected chi connectivity index (χ0v) is 12.2. The Morgan fingerprint density at radius 1 is 1.35 bits per heavy atom. The minimum absolute atomic E-state index is 0.536. The van der Waals surface area contributed by atoms with Gasteiger partial charge in [-0.05, 0) is 38.8 Å². The molecule has 1 aliphatic heterocycles. The van der Waals surface area contributed by atoms with Crippen molar-refractivity contribution in [2.75, 3.05) is 6.54 Å². The van der Waals surface area contributed by atoms with E-state index in [0.29, 0.717) is 6.04 Å².